The maximum Gasteiger partial charge on any atom is 1.00 e. The number of nitrogens with zero attached hydrogens (tertiary/aromatic N) is 3. The van der Waals surface area contributed by atoms with Gasteiger partial charge < -0.3 is 14.8 Å². The topological polar surface area (TPSA) is 109 Å². The van der Waals surface area contributed by atoms with Crippen LogP contribution >= 0.6 is 0 Å². The van der Waals surface area contributed by atoms with Crippen LogP contribution in [0.3, 0.4) is 0 Å². The SMILES string of the molecule is CC.CN(C(=O)[O-])c1ncccc1CON(O)O.[K+]. The number of hydrogen-bond donors (Lipinski definition) is 2. The van der Waals surface area contributed by atoms with Crippen LogP contribution in [0.5, 0.6) is 0 Å². The Morgan fingerprint density at radius 3 is 2.53 bits per heavy atom. The molecule has 0 spiro atoms. The summed E-state index contributed by atoms with van der Waals surface area (Å²) in [6.07, 6.45) is -0.0293. The normalized spacial score (nSPS) is 9.16. The Morgan fingerprint density at radius 1 is 1.47 bits per heavy atom. The van der Waals surface area contributed by atoms with Crippen molar-refractivity contribution in [1.29, 1.82) is 0 Å². The maximum atomic E-state index is 10.6. The van der Waals surface area contributed by atoms with E-state index >= 15 is 0 Å². The molecule has 0 bridgehead atoms. The van der Waals surface area contributed by atoms with Gasteiger partial charge in [-0.3, -0.25) is 10.4 Å². The summed E-state index contributed by atoms with van der Waals surface area (Å²) in [6, 6.07) is 3.09. The standard InChI is InChI=1S/C8H11N3O5.C2H6.K/c1-10(8(12)13)7-6(3-2-4-9-7)5-16-11(14)15;1-2;/h2-4,14-15H,5H2,1H3,(H,12,13);1-2H3;/q;;+1/p-1. The van der Waals surface area contributed by atoms with Gasteiger partial charge in [-0.15, -0.1) is 0 Å². The molecule has 0 aromatic carbocycles. The fourth-order valence-electron chi connectivity index (χ4n) is 1.06. The Labute approximate surface area is 153 Å². The van der Waals surface area contributed by atoms with Crippen LogP contribution in [0.15, 0.2) is 18.3 Å². The van der Waals surface area contributed by atoms with E-state index in [9.17, 15) is 9.90 Å². The number of anilines is 1. The number of carbonyl (C=O) groups is 1. The van der Waals surface area contributed by atoms with Gasteiger partial charge in [-0.05, 0) is 6.07 Å². The Balaban J connectivity index is 0. The molecule has 0 radical (unpaired) electrons. The van der Waals surface area contributed by atoms with Gasteiger partial charge in [0, 0.05) is 18.8 Å². The second-order valence-corrected chi connectivity index (χ2v) is 2.84. The summed E-state index contributed by atoms with van der Waals surface area (Å²) in [5.74, 6) is 0.101. The van der Waals surface area contributed by atoms with Crippen molar-refractivity contribution < 1.29 is 76.5 Å². The monoisotopic (exact) mass is 297 g/mol. The number of pyridine rings is 1. The summed E-state index contributed by atoms with van der Waals surface area (Å²) in [6.45, 7) is 3.76. The van der Waals surface area contributed by atoms with Crippen molar-refractivity contribution in [1.82, 2.24) is 10.4 Å². The van der Waals surface area contributed by atoms with E-state index in [1.54, 1.807) is 6.07 Å². The number of carboxylic acid groups (broad SMARTS) is 1. The zero-order chi connectivity index (χ0) is 14.1. The van der Waals surface area contributed by atoms with Crippen LogP contribution in [-0.2, 0) is 11.4 Å². The second kappa shape index (κ2) is 11.7. The first-order chi connectivity index (χ1) is 8.52. The number of rotatable bonds is 4. The molecular formula is C10H16KN3O5. The molecule has 1 aromatic rings. The van der Waals surface area contributed by atoms with Crippen LogP contribution < -0.4 is 61.4 Å². The first-order valence-electron chi connectivity index (χ1n) is 5.21. The molecule has 0 aliphatic carbocycles. The van der Waals surface area contributed by atoms with Crippen LogP contribution in [0, 0.1) is 0 Å². The fourth-order valence-corrected chi connectivity index (χ4v) is 1.06. The van der Waals surface area contributed by atoms with Crippen LogP contribution in [0.1, 0.15) is 19.4 Å². The minimum Gasteiger partial charge on any atom is -0.530 e. The average molecular weight is 297 g/mol. The average Bonchev–Trinajstić information content (AvgIpc) is 2.38. The summed E-state index contributed by atoms with van der Waals surface area (Å²) in [4.78, 5) is 19.6. The van der Waals surface area contributed by atoms with E-state index in [-0.39, 0.29) is 63.8 Å². The molecule has 0 aliphatic heterocycles. The molecule has 1 amide bonds. The zero-order valence-corrected chi connectivity index (χ0v) is 14.5. The van der Waals surface area contributed by atoms with Gasteiger partial charge in [0.05, 0.1) is 5.39 Å². The van der Waals surface area contributed by atoms with Crippen molar-refractivity contribution in [2.45, 2.75) is 20.5 Å². The van der Waals surface area contributed by atoms with Crippen molar-refractivity contribution in [2.24, 2.45) is 0 Å². The Bertz CT molecular complexity index is 378. The molecule has 1 aromatic heterocycles. The summed E-state index contributed by atoms with van der Waals surface area (Å²) in [7, 11) is 1.26. The molecule has 0 fully saturated rings. The molecule has 0 atom stereocenters. The van der Waals surface area contributed by atoms with Crippen LogP contribution in [0.4, 0.5) is 10.6 Å². The molecule has 0 saturated carbocycles. The third-order valence-electron chi connectivity index (χ3n) is 1.79. The largest absolute Gasteiger partial charge is 1.00 e. The van der Waals surface area contributed by atoms with Crippen molar-refractivity contribution in [3.63, 3.8) is 0 Å². The van der Waals surface area contributed by atoms with Crippen LogP contribution in [0.25, 0.3) is 0 Å². The second-order valence-electron chi connectivity index (χ2n) is 2.84. The third-order valence-corrected chi connectivity index (χ3v) is 1.79. The zero-order valence-electron chi connectivity index (χ0n) is 11.4. The van der Waals surface area contributed by atoms with E-state index in [1.165, 1.54) is 19.3 Å². The Hall–Kier alpha value is -0.104. The minimum atomic E-state index is -1.43. The molecule has 8 nitrogen and oxygen atoms in total. The Kier molecular flexibility index (Phi) is 13.1. The molecule has 102 valence electrons. The molecule has 9 heteroatoms. The van der Waals surface area contributed by atoms with E-state index in [0.29, 0.717) is 5.56 Å². The molecule has 0 unspecified atom stereocenters. The third kappa shape index (κ3) is 7.92. The molecule has 1 heterocycles. The van der Waals surface area contributed by atoms with Gasteiger partial charge in [0.2, 0.25) is 0 Å². The molecule has 0 aliphatic rings. The minimum absolute atomic E-state index is 0. The van der Waals surface area contributed by atoms with Crippen molar-refractivity contribution in [2.75, 3.05) is 11.9 Å². The first-order valence-corrected chi connectivity index (χ1v) is 5.21. The van der Waals surface area contributed by atoms with E-state index in [2.05, 4.69) is 9.82 Å². The van der Waals surface area contributed by atoms with E-state index < -0.39 is 11.5 Å². The molecule has 0 saturated heterocycles. The van der Waals surface area contributed by atoms with Gasteiger partial charge in [-0.1, -0.05) is 19.9 Å². The maximum absolute atomic E-state index is 10.6. The summed E-state index contributed by atoms with van der Waals surface area (Å²) >= 11 is 0. The van der Waals surface area contributed by atoms with Gasteiger partial charge in [-0.2, -0.15) is 0 Å². The predicted octanol–water partition coefficient (Wildman–Crippen LogP) is -2.60. The van der Waals surface area contributed by atoms with Crippen LogP contribution in [-0.4, -0.2) is 33.9 Å². The molecule has 19 heavy (non-hydrogen) atoms. The number of hydrogen-bond acceptors (Lipinski definition) is 7. The van der Waals surface area contributed by atoms with Gasteiger partial charge in [-0.25, -0.2) is 9.82 Å². The summed E-state index contributed by atoms with van der Waals surface area (Å²) in [5.41, 5.74) is 0.363. The van der Waals surface area contributed by atoms with E-state index in [0.717, 1.165) is 4.90 Å². The van der Waals surface area contributed by atoms with E-state index in [1.807, 2.05) is 13.8 Å². The van der Waals surface area contributed by atoms with Crippen LogP contribution in [0.2, 0.25) is 0 Å². The first kappa shape index (κ1) is 21.2. The van der Waals surface area contributed by atoms with Gasteiger partial charge >= 0.3 is 51.4 Å². The smallest absolute Gasteiger partial charge is 0.530 e. The fraction of sp³-hybridized carbons (Fsp3) is 0.400. The summed E-state index contributed by atoms with van der Waals surface area (Å²) < 4.78 is 0. The number of carbonyl (C=O) groups excluding carboxylic acids is 1. The number of amides is 1. The van der Waals surface area contributed by atoms with Gasteiger partial charge in [0.25, 0.3) is 0 Å². The van der Waals surface area contributed by atoms with Crippen molar-refractivity contribution >= 4 is 11.9 Å². The van der Waals surface area contributed by atoms with Gasteiger partial charge in [0.1, 0.15) is 18.5 Å². The molecule has 2 N–H and O–H groups in total. The Morgan fingerprint density at radius 2 is 2.05 bits per heavy atom. The summed E-state index contributed by atoms with van der Waals surface area (Å²) in [5, 5.41) is 26.9. The molecular weight excluding hydrogens is 281 g/mol. The van der Waals surface area contributed by atoms with E-state index in [4.69, 9.17) is 10.4 Å². The predicted molar refractivity (Wildman–Crippen MR) is 59.6 cm³/mol. The molecule has 1 rings (SSSR count). The quantitative estimate of drug-likeness (QED) is 0.463. The van der Waals surface area contributed by atoms with Crippen molar-refractivity contribution in [3.8, 4) is 0 Å². The van der Waals surface area contributed by atoms with Crippen molar-refractivity contribution in [3.05, 3.63) is 23.9 Å². The van der Waals surface area contributed by atoms with Gasteiger partial charge in [0.15, 0.2) is 0 Å². The number of aromatic nitrogens is 1.